The van der Waals surface area contributed by atoms with Gasteiger partial charge < -0.3 is 15.6 Å². The molecule has 10 nitrogen and oxygen atoms in total. The fourth-order valence-electron chi connectivity index (χ4n) is 5.04. The Morgan fingerprint density at radius 3 is 2.26 bits per heavy atom. The van der Waals surface area contributed by atoms with Gasteiger partial charge in [-0.1, -0.05) is 32.9 Å². The SMILES string of the molecule is CC.CC.Cc1nc(-c2c(-c3nn(C(C)(C)C)c4ncnc(N)c34)noc2C2CC2)ncc1C1CCNCC1. The molecule has 0 atom stereocenters. The van der Waals surface area contributed by atoms with Gasteiger partial charge in [-0.2, -0.15) is 5.10 Å². The molecule has 6 rings (SSSR count). The van der Waals surface area contributed by atoms with E-state index < -0.39 is 0 Å². The molecule has 0 spiro atoms. The molecule has 10 heteroatoms. The lowest BCUT2D eigenvalue weighted by atomic mass is 9.90. The van der Waals surface area contributed by atoms with Crippen LogP contribution in [0, 0.1) is 6.92 Å². The smallest absolute Gasteiger partial charge is 0.165 e. The van der Waals surface area contributed by atoms with E-state index in [9.17, 15) is 0 Å². The van der Waals surface area contributed by atoms with E-state index in [0.29, 0.717) is 45.9 Å². The van der Waals surface area contributed by atoms with Crippen molar-refractivity contribution in [1.29, 1.82) is 0 Å². The minimum absolute atomic E-state index is 0.315. The fraction of sp³-hybridized carbons (Fsp3) is 0.586. The average Bonchev–Trinajstić information content (AvgIpc) is 3.56. The van der Waals surface area contributed by atoms with Crippen molar-refractivity contribution in [2.24, 2.45) is 0 Å². The van der Waals surface area contributed by atoms with Crippen molar-refractivity contribution in [2.75, 3.05) is 18.8 Å². The average molecular weight is 534 g/mol. The molecule has 0 unspecified atom stereocenters. The number of hydrogen-bond acceptors (Lipinski definition) is 9. The summed E-state index contributed by atoms with van der Waals surface area (Å²) in [6, 6.07) is 0. The maximum atomic E-state index is 6.35. The molecule has 5 heterocycles. The Kier molecular flexibility index (Phi) is 8.64. The molecule has 1 aliphatic carbocycles. The van der Waals surface area contributed by atoms with Crippen LogP contribution in [0.3, 0.4) is 0 Å². The van der Waals surface area contributed by atoms with Crippen LogP contribution < -0.4 is 11.1 Å². The summed E-state index contributed by atoms with van der Waals surface area (Å²) >= 11 is 0. The number of nitrogens with one attached hydrogen (secondary N) is 1. The lowest BCUT2D eigenvalue weighted by molar-refractivity contribution is 0.365. The zero-order valence-corrected chi connectivity index (χ0v) is 24.7. The Labute approximate surface area is 231 Å². The van der Waals surface area contributed by atoms with Crippen molar-refractivity contribution in [3.05, 3.63) is 29.5 Å². The summed E-state index contributed by atoms with van der Waals surface area (Å²) in [5.74, 6) is 2.61. The van der Waals surface area contributed by atoms with E-state index in [0.717, 1.165) is 55.8 Å². The second-order valence-electron chi connectivity index (χ2n) is 10.7. The van der Waals surface area contributed by atoms with E-state index in [-0.39, 0.29) is 5.54 Å². The number of nitrogen functional groups attached to an aromatic ring is 1. The molecule has 210 valence electrons. The maximum Gasteiger partial charge on any atom is 0.165 e. The van der Waals surface area contributed by atoms with Crippen molar-refractivity contribution >= 4 is 16.9 Å². The van der Waals surface area contributed by atoms with E-state index >= 15 is 0 Å². The van der Waals surface area contributed by atoms with E-state index in [1.165, 1.54) is 11.9 Å². The van der Waals surface area contributed by atoms with Gasteiger partial charge in [0.1, 0.15) is 23.5 Å². The first-order valence-corrected chi connectivity index (χ1v) is 14.4. The number of nitrogens with zero attached hydrogens (tertiary/aromatic N) is 7. The van der Waals surface area contributed by atoms with Gasteiger partial charge >= 0.3 is 0 Å². The van der Waals surface area contributed by atoms with Gasteiger partial charge in [0, 0.05) is 17.8 Å². The molecule has 2 aliphatic rings. The van der Waals surface area contributed by atoms with Crippen LogP contribution in [-0.2, 0) is 5.54 Å². The van der Waals surface area contributed by atoms with E-state index in [2.05, 4.69) is 48.1 Å². The molecule has 1 aliphatic heterocycles. The predicted octanol–water partition coefficient (Wildman–Crippen LogP) is 5.98. The first-order chi connectivity index (χ1) is 18.8. The summed E-state index contributed by atoms with van der Waals surface area (Å²) in [6.45, 7) is 18.4. The van der Waals surface area contributed by atoms with Gasteiger partial charge in [-0.25, -0.2) is 24.6 Å². The molecule has 0 aromatic carbocycles. The largest absolute Gasteiger partial charge is 0.383 e. The number of hydrogen-bond donors (Lipinski definition) is 2. The molecule has 0 amide bonds. The maximum absolute atomic E-state index is 6.35. The number of aromatic nitrogens is 7. The molecule has 4 aromatic heterocycles. The molecule has 39 heavy (non-hydrogen) atoms. The Morgan fingerprint density at radius 2 is 1.64 bits per heavy atom. The lowest BCUT2D eigenvalue weighted by Gasteiger charge is -2.23. The van der Waals surface area contributed by atoms with Crippen LogP contribution in [0.5, 0.6) is 0 Å². The van der Waals surface area contributed by atoms with E-state index in [1.807, 2.05) is 38.6 Å². The van der Waals surface area contributed by atoms with Gasteiger partial charge in [0.15, 0.2) is 17.2 Å². The third-order valence-corrected chi connectivity index (χ3v) is 7.04. The second kappa shape index (κ2) is 11.8. The summed E-state index contributed by atoms with van der Waals surface area (Å²) in [7, 11) is 0. The number of aryl methyl sites for hydroxylation is 1. The van der Waals surface area contributed by atoms with Crippen LogP contribution in [0.2, 0.25) is 0 Å². The minimum atomic E-state index is -0.315. The fourth-order valence-corrected chi connectivity index (χ4v) is 5.04. The Balaban J connectivity index is 0.000000845. The van der Waals surface area contributed by atoms with Crippen molar-refractivity contribution in [2.45, 2.75) is 98.4 Å². The second-order valence-corrected chi connectivity index (χ2v) is 10.7. The Hall–Kier alpha value is -3.40. The third-order valence-electron chi connectivity index (χ3n) is 7.04. The Morgan fingerprint density at radius 1 is 0.949 bits per heavy atom. The normalized spacial score (nSPS) is 15.9. The summed E-state index contributed by atoms with van der Waals surface area (Å²) in [4.78, 5) is 18.6. The summed E-state index contributed by atoms with van der Waals surface area (Å²) in [6.07, 6.45) is 7.79. The first-order valence-electron chi connectivity index (χ1n) is 14.4. The molecule has 0 radical (unpaired) electrons. The number of fused-ring (bicyclic) bond motifs is 1. The number of nitrogens with two attached hydrogens (primary N) is 1. The monoisotopic (exact) mass is 533 g/mol. The summed E-state index contributed by atoms with van der Waals surface area (Å²) in [5.41, 5.74) is 10.9. The molecule has 1 saturated carbocycles. The van der Waals surface area contributed by atoms with Gasteiger partial charge in [0.05, 0.1) is 16.5 Å². The van der Waals surface area contributed by atoms with Gasteiger partial charge in [-0.05, 0) is 77.9 Å². The minimum Gasteiger partial charge on any atom is -0.383 e. The van der Waals surface area contributed by atoms with E-state index in [4.69, 9.17) is 25.3 Å². The quantitative estimate of drug-likeness (QED) is 0.325. The van der Waals surface area contributed by atoms with Crippen LogP contribution >= 0.6 is 0 Å². The van der Waals surface area contributed by atoms with Crippen LogP contribution in [-0.4, -0.2) is 48.0 Å². The predicted molar refractivity (Wildman–Crippen MR) is 156 cm³/mol. The highest BCUT2D eigenvalue weighted by molar-refractivity contribution is 6.00. The molecule has 1 saturated heterocycles. The van der Waals surface area contributed by atoms with Crippen molar-refractivity contribution in [1.82, 2.24) is 40.2 Å². The Bertz CT molecular complexity index is 1410. The van der Waals surface area contributed by atoms with Crippen LogP contribution in [0.25, 0.3) is 33.8 Å². The van der Waals surface area contributed by atoms with Crippen LogP contribution in [0.1, 0.15) is 103 Å². The highest BCUT2D eigenvalue weighted by Gasteiger charge is 2.36. The summed E-state index contributed by atoms with van der Waals surface area (Å²) in [5, 5.41) is 13.5. The van der Waals surface area contributed by atoms with Crippen molar-refractivity contribution < 1.29 is 4.52 Å². The molecule has 0 bridgehead atoms. The standard InChI is InChI=1S/C25H31N9O.2C2H6/c1-13-16(14-7-9-27-10-8-14)11-28-23(31-13)17-20(33-35-21(17)15-5-6-15)19-18-22(26)29-12-30-24(18)34(32-19)25(2,3)4;2*1-2/h11-12,14-15,27H,5-10H2,1-4H3,(H2,26,29,30);2*1-2H3. The molecule has 3 N–H and O–H groups in total. The topological polar surface area (TPSA) is 133 Å². The van der Waals surface area contributed by atoms with E-state index in [1.54, 1.807) is 0 Å². The van der Waals surface area contributed by atoms with Crippen molar-refractivity contribution in [3.63, 3.8) is 0 Å². The lowest BCUT2D eigenvalue weighted by Crippen LogP contribution is -2.27. The highest BCUT2D eigenvalue weighted by atomic mass is 16.5. The van der Waals surface area contributed by atoms with Crippen LogP contribution in [0.15, 0.2) is 17.0 Å². The summed E-state index contributed by atoms with van der Waals surface area (Å²) < 4.78 is 7.80. The molecular weight excluding hydrogens is 490 g/mol. The zero-order chi connectivity index (χ0) is 28.3. The number of rotatable bonds is 4. The molecular formula is C29H43N9O. The highest BCUT2D eigenvalue weighted by Crippen LogP contribution is 2.48. The van der Waals surface area contributed by atoms with Crippen LogP contribution in [0.4, 0.5) is 5.82 Å². The van der Waals surface area contributed by atoms with Gasteiger partial charge in [-0.3, -0.25) is 0 Å². The number of piperidine rings is 1. The van der Waals surface area contributed by atoms with Gasteiger partial charge in [0.25, 0.3) is 0 Å². The zero-order valence-electron chi connectivity index (χ0n) is 24.7. The third kappa shape index (κ3) is 5.52. The van der Waals surface area contributed by atoms with Gasteiger partial charge in [-0.15, -0.1) is 0 Å². The van der Waals surface area contributed by atoms with Gasteiger partial charge in [0.2, 0.25) is 0 Å². The first kappa shape index (κ1) is 28.6. The molecule has 2 fully saturated rings. The number of anilines is 1. The van der Waals surface area contributed by atoms with Crippen molar-refractivity contribution in [3.8, 4) is 22.8 Å². The molecule has 4 aromatic rings.